The SMILES string of the molecule is N#CC1=NCC(c2cnc(CC3CCC3)cn2)=C1. The summed E-state index contributed by atoms with van der Waals surface area (Å²) in [6.45, 7) is 0.541. The van der Waals surface area contributed by atoms with Gasteiger partial charge in [-0.3, -0.25) is 15.0 Å². The van der Waals surface area contributed by atoms with Gasteiger partial charge in [0.25, 0.3) is 0 Å². The van der Waals surface area contributed by atoms with Crippen LogP contribution in [-0.2, 0) is 6.42 Å². The Morgan fingerprint density at radius 2 is 2.17 bits per heavy atom. The number of rotatable bonds is 3. The number of hydrogen-bond donors (Lipinski definition) is 0. The molecule has 0 unspecified atom stereocenters. The Balaban J connectivity index is 1.70. The van der Waals surface area contributed by atoms with E-state index in [0.717, 1.165) is 29.3 Å². The molecular weight excluding hydrogens is 224 g/mol. The molecule has 0 amide bonds. The van der Waals surface area contributed by atoms with Crippen LogP contribution in [0.15, 0.2) is 23.5 Å². The molecule has 3 rings (SSSR count). The molecule has 0 spiro atoms. The molecule has 1 fully saturated rings. The molecule has 4 heteroatoms. The molecule has 0 atom stereocenters. The van der Waals surface area contributed by atoms with Gasteiger partial charge in [0.15, 0.2) is 0 Å². The van der Waals surface area contributed by atoms with Crippen molar-refractivity contribution >= 4 is 11.3 Å². The molecule has 0 N–H and O–H groups in total. The molecule has 90 valence electrons. The fourth-order valence-electron chi connectivity index (χ4n) is 2.27. The van der Waals surface area contributed by atoms with Crippen LogP contribution in [0.25, 0.3) is 5.57 Å². The second-order valence-corrected chi connectivity index (χ2v) is 4.88. The van der Waals surface area contributed by atoms with Crippen LogP contribution in [0.2, 0.25) is 0 Å². The van der Waals surface area contributed by atoms with E-state index < -0.39 is 0 Å². The van der Waals surface area contributed by atoms with E-state index in [0.29, 0.717) is 12.3 Å². The monoisotopic (exact) mass is 238 g/mol. The summed E-state index contributed by atoms with van der Waals surface area (Å²) in [5.74, 6) is 0.810. The first kappa shape index (κ1) is 11.1. The molecule has 0 bridgehead atoms. The van der Waals surface area contributed by atoms with Gasteiger partial charge in [0.2, 0.25) is 0 Å². The molecule has 1 saturated carbocycles. The maximum atomic E-state index is 8.75. The average molecular weight is 238 g/mol. The van der Waals surface area contributed by atoms with Gasteiger partial charge in [-0.2, -0.15) is 5.26 Å². The molecule has 2 heterocycles. The van der Waals surface area contributed by atoms with E-state index in [2.05, 4.69) is 15.0 Å². The molecule has 4 nitrogen and oxygen atoms in total. The van der Waals surface area contributed by atoms with Crippen molar-refractivity contribution in [1.29, 1.82) is 5.26 Å². The topological polar surface area (TPSA) is 61.9 Å². The average Bonchev–Trinajstić information content (AvgIpc) is 2.83. The van der Waals surface area contributed by atoms with Gasteiger partial charge in [-0.1, -0.05) is 19.3 Å². The zero-order valence-corrected chi connectivity index (χ0v) is 10.1. The molecule has 1 aromatic heterocycles. The van der Waals surface area contributed by atoms with Crippen LogP contribution in [0, 0.1) is 17.2 Å². The Hall–Kier alpha value is -2.02. The predicted molar refractivity (Wildman–Crippen MR) is 69.0 cm³/mol. The van der Waals surface area contributed by atoms with E-state index in [1.807, 2.05) is 12.3 Å². The van der Waals surface area contributed by atoms with Crippen LogP contribution in [0.5, 0.6) is 0 Å². The Bertz CT molecular complexity index is 544. The normalized spacial score (nSPS) is 18.8. The van der Waals surface area contributed by atoms with Gasteiger partial charge in [-0.05, 0) is 18.4 Å². The van der Waals surface area contributed by atoms with Crippen molar-refractivity contribution < 1.29 is 0 Å². The highest BCUT2D eigenvalue weighted by atomic mass is 14.8. The second kappa shape index (κ2) is 4.69. The van der Waals surface area contributed by atoms with Crippen LogP contribution < -0.4 is 0 Å². The van der Waals surface area contributed by atoms with Crippen molar-refractivity contribution in [2.45, 2.75) is 25.7 Å². The minimum atomic E-state index is 0.477. The lowest BCUT2D eigenvalue weighted by atomic mass is 9.82. The van der Waals surface area contributed by atoms with Gasteiger partial charge >= 0.3 is 0 Å². The lowest BCUT2D eigenvalue weighted by Crippen LogP contribution is -2.14. The van der Waals surface area contributed by atoms with E-state index >= 15 is 0 Å². The van der Waals surface area contributed by atoms with Crippen LogP contribution in [-0.4, -0.2) is 22.2 Å². The molecule has 1 aromatic rings. The third kappa shape index (κ3) is 2.17. The highest BCUT2D eigenvalue weighted by molar-refractivity contribution is 6.13. The highest BCUT2D eigenvalue weighted by Crippen LogP contribution is 2.29. The molecule has 0 aromatic carbocycles. The van der Waals surface area contributed by atoms with Crippen molar-refractivity contribution in [3.8, 4) is 6.07 Å². The summed E-state index contributed by atoms with van der Waals surface area (Å²) in [4.78, 5) is 13.0. The maximum absolute atomic E-state index is 8.75. The fraction of sp³-hybridized carbons (Fsp3) is 0.429. The minimum absolute atomic E-state index is 0.477. The lowest BCUT2D eigenvalue weighted by Gasteiger charge is -2.24. The predicted octanol–water partition coefficient (Wildman–Crippen LogP) is 2.18. The van der Waals surface area contributed by atoms with Crippen LogP contribution in [0.3, 0.4) is 0 Å². The third-order valence-electron chi connectivity index (χ3n) is 3.60. The van der Waals surface area contributed by atoms with E-state index in [1.165, 1.54) is 19.3 Å². The van der Waals surface area contributed by atoms with Crippen molar-refractivity contribution in [1.82, 2.24) is 9.97 Å². The van der Waals surface area contributed by atoms with Gasteiger partial charge < -0.3 is 0 Å². The zero-order valence-electron chi connectivity index (χ0n) is 10.1. The van der Waals surface area contributed by atoms with Gasteiger partial charge in [0.05, 0.1) is 24.1 Å². The van der Waals surface area contributed by atoms with Gasteiger partial charge in [0.1, 0.15) is 11.8 Å². The molecule has 0 radical (unpaired) electrons. The van der Waals surface area contributed by atoms with E-state index in [1.54, 1.807) is 12.3 Å². The highest BCUT2D eigenvalue weighted by Gasteiger charge is 2.18. The summed E-state index contributed by atoms with van der Waals surface area (Å²) in [7, 11) is 0. The van der Waals surface area contributed by atoms with E-state index in [9.17, 15) is 0 Å². The summed E-state index contributed by atoms with van der Waals surface area (Å²) in [6, 6.07) is 2.04. The second-order valence-electron chi connectivity index (χ2n) is 4.88. The molecule has 0 saturated heterocycles. The first-order chi connectivity index (χ1) is 8.85. The van der Waals surface area contributed by atoms with Crippen LogP contribution in [0.4, 0.5) is 0 Å². The first-order valence-electron chi connectivity index (χ1n) is 6.31. The molecule has 2 aliphatic rings. The number of hydrogen-bond acceptors (Lipinski definition) is 4. The Labute approximate surface area is 106 Å². The van der Waals surface area contributed by atoms with Crippen molar-refractivity contribution in [2.24, 2.45) is 10.9 Å². The zero-order chi connectivity index (χ0) is 12.4. The Kier molecular flexibility index (Phi) is 2.89. The first-order valence-corrected chi connectivity index (χ1v) is 6.31. The summed E-state index contributed by atoms with van der Waals surface area (Å²) >= 11 is 0. The van der Waals surface area contributed by atoms with Crippen molar-refractivity contribution in [3.05, 3.63) is 29.9 Å². The van der Waals surface area contributed by atoms with Gasteiger partial charge in [-0.25, -0.2) is 0 Å². The van der Waals surface area contributed by atoms with E-state index in [-0.39, 0.29) is 0 Å². The van der Waals surface area contributed by atoms with Crippen LogP contribution in [0.1, 0.15) is 30.7 Å². The largest absolute Gasteiger partial charge is 0.269 e. The number of allylic oxidation sites excluding steroid dienone is 1. The summed E-state index contributed by atoms with van der Waals surface area (Å²) < 4.78 is 0. The van der Waals surface area contributed by atoms with Crippen molar-refractivity contribution in [3.63, 3.8) is 0 Å². The smallest absolute Gasteiger partial charge is 0.135 e. The summed E-state index contributed by atoms with van der Waals surface area (Å²) in [5.41, 5.74) is 3.37. The standard InChI is InChI=1S/C14H14N4/c15-6-12-5-11(7-16-12)14-9-17-13(8-18-14)4-10-2-1-3-10/h5,8-10H,1-4,7H2. The molecule has 1 aliphatic heterocycles. The molecule has 18 heavy (non-hydrogen) atoms. The summed E-state index contributed by atoms with van der Waals surface area (Å²) in [5, 5.41) is 8.75. The van der Waals surface area contributed by atoms with Gasteiger partial charge in [0, 0.05) is 11.8 Å². The third-order valence-corrected chi connectivity index (χ3v) is 3.60. The Morgan fingerprint density at radius 1 is 1.28 bits per heavy atom. The minimum Gasteiger partial charge on any atom is -0.269 e. The number of aliphatic imine (C=N–C) groups is 1. The Morgan fingerprint density at radius 3 is 2.72 bits per heavy atom. The number of nitrogens with zero attached hydrogens (tertiary/aromatic N) is 4. The number of nitriles is 1. The number of aromatic nitrogens is 2. The van der Waals surface area contributed by atoms with E-state index in [4.69, 9.17) is 5.26 Å². The van der Waals surface area contributed by atoms with Crippen LogP contribution >= 0.6 is 0 Å². The molecular formula is C14H14N4. The summed E-state index contributed by atoms with van der Waals surface area (Å²) in [6.07, 6.45) is 10.5. The van der Waals surface area contributed by atoms with Gasteiger partial charge in [-0.15, -0.1) is 0 Å². The fourth-order valence-corrected chi connectivity index (χ4v) is 2.27. The molecule has 1 aliphatic carbocycles. The maximum Gasteiger partial charge on any atom is 0.135 e. The van der Waals surface area contributed by atoms with Crippen molar-refractivity contribution in [2.75, 3.05) is 6.54 Å². The lowest BCUT2D eigenvalue weighted by molar-refractivity contribution is 0.312. The quantitative estimate of drug-likeness (QED) is 0.810.